The molecule has 5 N–H and O–H groups in total. The number of hydrogen-bond donors (Lipinski definition) is 3. The molecular weight excluding hydrogens is 382 g/mol. The van der Waals surface area contributed by atoms with Gasteiger partial charge in [0.05, 0.1) is 17.5 Å². The lowest BCUT2D eigenvalue weighted by molar-refractivity contribution is 0.153. The summed E-state index contributed by atoms with van der Waals surface area (Å²) in [5, 5.41) is 8.37. The quantitative estimate of drug-likeness (QED) is 0.417. The van der Waals surface area contributed by atoms with Crippen molar-refractivity contribution >= 4 is 11.6 Å². The van der Waals surface area contributed by atoms with E-state index in [1.165, 1.54) is 24.3 Å². The van der Waals surface area contributed by atoms with Crippen LogP contribution >= 0.6 is 0 Å². The minimum Gasteiger partial charge on any atom is -0.489 e. The van der Waals surface area contributed by atoms with Crippen LogP contribution in [0.1, 0.15) is 69.1 Å². The van der Waals surface area contributed by atoms with Gasteiger partial charge in [-0.2, -0.15) is 4.98 Å². The Bertz CT molecular complexity index is 857. The van der Waals surface area contributed by atoms with Crippen molar-refractivity contribution in [1.29, 1.82) is 0 Å². The molecule has 0 saturated heterocycles. The molecule has 0 atom stereocenters. The molecule has 2 aromatic heterocycles. The van der Waals surface area contributed by atoms with E-state index in [1.807, 2.05) is 19.1 Å². The molecule has 0 aliphatic heterocycles. The molecule has 164 valence electrons. The Morgan fingerprint density at radius 2 is 2.03 bits per heavy atom. The predicted octanol–water partition coefficient (Wildman–Crippen LogP) is 3.33. The molecule has 1 aliphatic carbocycles. The van der Waals surface area contributed by atoms with Crippen LogP contribution in [0.4, 0.5) is 5.95 Å². The second-order valence-electron chi connectivity index (χ2n) is 7.77. The minimum absolute atomic E-state index is 0.269. The Hall–Kier alpha value is -2.81. The first-order valence-corrected chi connectivity index (χ1v) is 10.7. The maximum atomic E-state index is 6.38. The fourth-order valence-electron chi connectivity index (χ4n) is 3.49. The fourth-order valence-corrected chi connectivity index (χ4v) is 3.49. The maximum absolute atomic E-state index is 6.38. The van der Waals surface area contributed by atoms with Crippen molar-refractivity contribution in [2.45, 2.75) is 71.3 Å². The topological polar surface area (TPSA) is 128 Å². The number of rotatable bonds is 9. The van der Waals surface area contributed by atoms with E-state index in [1.54, 1.807) is 7.05 Å². The molecule has 1 fully saturated rings. The number of pyridine rings is 1. The summed E-state index contributed by atoms with van der Waals surface area (Å²) in [4.78, 5) is 8.98. The Morgan fingerprint density at radius 1 is 1.27 bits per heavy atom. The van der Waals surface area contributed by atoms with Crippen LogP contribution in [0.2, 0.25) is 0 Å². The van der Waals surface area contributed by atoms with E-state index in [9.17, 15) is 0 Å². The third-order valence-electron chi connectivity index (χ3n) is 5.21. The van der Waals surface area contributed by atoms with Gasteiger partial charge < -0.3 is 20.3 Å². The van der Waals surface area contributed by atoms with E-state index in [0.29, 0.717) is 29.1 Å². The van der Waals surface area contributed by atoms with Gasteiger partial charge in [0.25, 0.3) is 5.95 Å². The molecule has 2 aromatic rings. The number of anilines is 1. The standard InChI is InChI=1S/C21H33N7O2/c1-4-5-11-18-25-21(27-30-18)26-20(28(3)23)19(22)16-12-13-17(14(2)24-16)29-15-9-7-6-8-10-15/h12-13,15H,4-11,22-23H2,1-3H3,(H,26,27)/b20-19-. The minimum atomic E-state index is 0.269. The average Bonchev–Trinajstić information content (AvgIpc) is 3.19. The highest BCUT2D eigenvalue weighted by atomic mass is 16.5. The number of aryl methyl sites for hydroxylation is 2. The fraction of sp³-hybridized carbons (Fsp3) is 0.571. The van der Waals surface area contributed by atoms with E-state index in [2.05, 4.69) is 27.4 Å². The van der Waals surface area contributed by atoms with Crippen LogP contribution in [-0.4, -0.2) is 33.3 Å². The molecule has 0 spiro atoms. The lowest BCUT2D eigenvalue weighted by Crippen LogP contribution is -2.32. The summed E-state index contributed by atoms with van der Waals surface area (Å²) in [6.07, 6.45) is 8.98. The third-order valence-corrected chi connectivity index (χ3v) is 5.21. The van der Waals surface area contributed by atoms with Crippen molar-refractivity contribution in [3.63, 3.8) is 0 Å². The van der Waals surface area contributed by atoms with Crippen molar-refractivity contribution in [2.24, 2.45) is 11.6 Å². The maximum Gasteiger partial charge on any atom is 0.269 e. The van der Waals surface area contributed by atoms with Gasteiger partial charge in [0, 0.05) is 13.5 Å². The van der Waals surface area contributed by atoms with Crippen LogP contribution in [0.15, 0.2) is 22.5 Å². The molecule has 0 unspecified atom stereocenters. The van der Waals surface area contributed by atoms with Crippen LogP contribution in [-0.2, 0) is 6.42 Å². The third kappa shape index (κ3) is 5.63. The highest BCUT2D eigenvalue weighted by Gasteiger charge is 2.18. The number of hydrogen-bond acceptors (Lipinski definition) is 9. The molecule has 9 heteroatoms. The molecular formula is C21H33N7O2. The zero-order valence-corrected chi connectivity index (χ0v) is 18.1. The Kier molecular flexibility index (Phi) is 7.51. The molecule has 2 heterocycles. The number of hydrazine groups is 1. The zero-order valence-electron chi connectivity index (χ0n) is 18.1. The normalized spacial score (nSPS) is 15.6. The number of nitrogens with zero attached hydrogens (tertiary/aromatic N) is 4. The monoisotopic (exact) mass is 415 g/mol. The summed E-state index contributed by atoms with van der Waals surface area (Å²) in [6, 6.07) is 3.76. The van der Waals surface area contributed by atoms with Gasteiger partial charge in [-0.05, 0) is 56.3 Å². The Labute approximate surface area is 177 Å². The largest absolute Gasteiger partial charge is 0.489 e. The van der Waals surface area contributed by atoms with Crippen molar-refractivity contribution in [1.82, 2.24) is 20.1 Å². The van der Waals surface area contributed by atoms with Crippen LogP contribution in [0.3, 0.4) is 0 Å². The van der Waals surface area contributed by atoms with Gasteiger partial charge in [-0.15, -0.1) is 0 Å². The van der Waals surface area contributed by atoms with E-state index in [0.717, 1.165) is 43.5 Å². The number of unbranched alkanes of at least 4 members (excludes halogenated alkanes) is 1. The van der Waals surface area contributed by atoms with Gasteiger partial charge in [-0.25, -0.2) is 10.8 Å². The van der Waals surface area contributed by atoms with E-state index < -0.39 is 0 Å². The number of aromatic nitrogens is 3. The summed E-state index contributed by atoms with van der Waals surface area (Å²) in [6.45, 7) is 4.04. The molecule has 3 rings (SSSR count). The van der Waals surface area contributed by atoms with Crippen molar-refractivity contribution < 1.29 is 9.26 Å². The number of nitrogens with two attached hydrogens (primary N) is 2. The van der Waals surface area contributed by atoms with Crippen molar-refractivity contribution in [3.05, 3.63) is 35.2 Å². The van der Waals surface area contributed by atoms with Gasteiger partial charge in [-0.1, -0.05) is 19.8 Å². The Balaban J connectivity index is 1.76. The van der Waals surface area contributed by atoms with Gasteiger partial charge >= 0.3 is 0 Å². The molecule has 9 nitrogen and oxygen atoms in total. The van der Waals surface area contributed by atoms with Crippen LogP contribution in [0.25, 0.3) is 5.70 Å². The summed E-state index contributed by atoms with van der Waals surface area (Å²) in [7, 11) is 1.68. The second-order valence-corrected chi connectivity index (χ2v) is 7.77. The summed E-state index contributed by atoms with van der Waals surface area (Å²) < 4.78 is 11.4. The molecule has 1 saturated carbocycles. The molecule has 1 aliphatic rings. The SMILES string of the molecule is CCCCc1nc(N/C(=C(/N)c2ccc(OC3CCCCC3)c(C)n2)N(C)N)no1. The molecule has 30 heavy (non-hydrogen) atoms. The highest BCUT2D eigenvalue weighted by Crippen LogP contribution is 2.26. The zero-order chi connectivity index (χ0) is 21.5. The molecule has 0 bridgehead atoms. The summed E-state index contributed by atoms with van der Waals surface area (Å²) >= 11 is 0. The lowest BCUT2D eigenvalue weighted by atomic mass is 9.98. The van der Waals surface area contributed by atoms with Gasteiger partial charge in [0.1, 0.15) is 17.3 Å². The van der Waals surface area contributed by atoms with Gasteiger partial charge in [-0.3, -0.25) is 5.01 Å². The molecule has 0 amide bonds. The first-order valence-electron chi connectivity index (χ1n) is 10.7. The van der Waals surface area contributed by atoms with Crippen LogP contribution in [0, 0.1) is 6.92 Å². The first-order chi connectivity index (χ1) is 14.5. The van der Waals surface area contributed by atoms with Crippen LogP contribution in [0.5, 0.6) is 5.75 Å². The van der Waals surface area contributed by atoms with Crippen molar-refractivity contribution in [2.75, 3.05) is 12.4 Å². The Morgan fingerprint density at radius 3 is 2.70 bits per heavy atom. The van der Waals surface area contributed by atoms with Gasteiger partial charge in [0.2, 0.25) is 5.89 Å². The molecule has 0 aromatic carbocycles. The van der Waals surface area contributed by atoms with E-state index in [-0.39, 0.29) is 6.10 Å². The van der Waals surface area contributed by atoms with E-state index >= 15 is 0 Å². The number of nitrogens with one attached hydrogen (secondary N) is 1. The summed E-state index contributed by atoms with van der Waals surface area (Å²) in [5.74, 6) is 8.12. The van der Waals surface area contributed by atoms with Crippen molar-refractivity contribution in [3.8, 4) is 5.75 Å². The summed E-state index contributed by atoms with van der Waals surface area (Å²) in [5.41, 5.74) is 8.15. The predicted molar refractivity (Wildman–Crippen MR) is 116 cm³/mol. The number of ether oxygens (including phenoxy) is 1. The smallest absolute Gasteiger partial charge is 0.269 e. The van der Waals surface area contributed by atoms with E-state index in [4.69, 9.17) is 20.8 Å². The highest BCUT2D eigenvalue weighted by molar-refractivity contribution is 5.66. The molecule has 0 radical (unpaired) electrons. The van der Waals surface area contributed by atoms with Gasteiger partial charge in [0.15, 0.2) is 0 Å². The lowest BCUT2D eigenvalue weighted by Gasteiger charge is -2.24. The van der Waals surface area contributed by atoms with Crippen LogP contribution < -0.4 is 21.6 Å². The first kappa shape index (κ1) is 21.9. The average molecular weight is 416 g/mol. The second kappa shape index (κ2) is 10.3.